The fourth-order valence-corrected chi connectivity index (χ4v) is 3.42. The van der Waals surface area contributed by atoms with Crippen LogP contribution in [0.1, 0.15) is 27.2 Å². The molecule has 4 heteroatoms. The van der Waals surface area contributed by atoms with Gasteiger partial charge in [-0.3, -0.25) is 4.79 Å². The fourth-order valence-electron chi connectivity index (χ4n) is 3.42. The van der Waals surface area contributed by atoms with E-state index in [-0.39, 0.29) is 5.91 Å². The van der Waals surface area contributed by atoms with Crippen LogP contribution in [-0.4, -0.2) is 17.0 Å². The van der Waals surface area contributed by atoms with E-state index in [1.807, 2.05) is 41.9 Å². The molecule has 2 N–H and O–H groups in total. The Balaban J connectivity index is 1.51. The first-order chi connectivity index (χ1) is 11.7. The molecular weight excluding hydrogens is 298 g/mol. The van der Waals surface area contributed by atoms with E-state index in [1.165, 1.54) is 11.1 Å². The largest absolute Gasteiger partial charge is 0.347 e. The van der Waals surface area contributed by atoms with E-state index in [9.17, 15) is 4.79 Å². The van der Waals surface area contributed by atoms with Crippen molar-refractivity contribution in [2.75, 3.05) is 6.54 Å². The molecule has 0 radical (unpaired) electrons. The van der Waals surface area contributed by atoms with Gasteiger partial charge < -0.3 is 15.2 Å². The minimum absolute atomic E-state index is 0.0342. The van der Waals surface area contributed by atoms with Crippen LogP contribution in [0.3, 0.4) is 0 Å². The summed E-state index contributed by atoms with van der Waals surface area (Å²) in [6.07, 6.45) is 1.06. The molecule has 2 aromatic carbocycles. The number of aryl methyl sites for hydroxylation is 1. The molecule has 1 aliphatic rings. The summed E-state index contributed by atoms with van der Waals surface area (Å²) in [7, 11) is 1.93. The van der Waals surface area contributed by atoms with E-state index in [0.717, 1.165) is 36.0 Å². The molecule has 122 valence electrons. The topological polar surface area (TPSA) is 46.1 Å². The van der Waals surface area contributed by atoms with Gasteiger partial charge in [0.2, 0.25) is 0 Å². The van der Waals surface area contributed by atoms with Crippen LogP contribution in [0.4, 0.5) is 0 Å². The Bertz CT molecular complexity index is 910. The van der Waals surface area contributed by atoms with Gasteiger partial charge in [0.25, 0.3) is 5.91 Å². The van der Waals surface area contributed by atoms with Crippen LogP contribution in [0.2, 0.25) is 0 Å². The van der Waals surface area contributed by atoms with Crippen LogP contribution in [-0.2, 0) is 26.6 Å². The molecule has 0 atom stereocenters. The summed E-state index contributed by atoms with van der Waals surface area (Å²) in [6.45, 7) is 2.53. The average molecular weight is 319 g/mol. The first kappa shape index (κ1) is 15.0. The standard InChI is InChI=1S/C20H21N3O/c1-23-18-5-3-2-4-16(18)11-19(23)20(24)22-12-14-6-7-17-13-21-9-8-15(17)10-14/h2-7,10-11,21H,8-9,12-13H2,1H3,(H,22,24). The second-order valence-electron chi connectivity index (χ2n) is 6.36. The summed E-state index contributed by atoms with van der Waals surface area (Å²) in [4.78, 5) is 12.6. The molecule has 2 heterocycles. The lowest BCUT2D eigenvalue weighted by molar-refractivity contribution is 0.0943. The minimum Gasteiger partial charge on any atom is -0.347 e. The Kier molecular flexibility index (Phi) is 3.82. The maximum absolute atomic E-state index is 12.6. The van der Waals surface area contributed by atoms with Crippen molar-refractivity contribution in [2.24, 2.45) is 7.05 Å². The predicted octanol–water partition coefficient (Wildman–Crippen LogP) is 2.75. The Hall–Kier alpha value is -2.59. The Morgan fingerprint density at radius 2 is 2.04 bits per heavy atom. The third-order valence-corrected chi connectivity index (χ3v) is 4.79. The van der Waals surface area contributed by atoms with Gasteiger partial charge >= 0.3 is 0 Å². The van der Waals surface area contributed by atoms with Crippen LogP contribution in [0.25, 0.3) is 10.9 Å². The second-order valence-corrected chi connectivity index (χ2v) is 6.36. The Labute approximate surface area is 141 Å². The molecule has 4 nitrogen and oxygen atoms in total. The summed E-state index contributed by atoms with van der Waals surface area (Å²) < 4.78 is 1.95. The zero-order valence-electron chi connectivity index (χ0n) is 13.8. The molecule has 1 aliphatic heterocycles. The zero-order valence-corrected chi connectivity index (χ0v) is 13.8. The van der Waals surface area contributed by atoms with E-state index in [0.29, 0.717) is 12.2 Å². The van der Waals surface area contributed by atoms with Crippen molar-refractivity contribution in [1.29, 1.82) is 0 Å². The number of rotatable bonds is 3. The molecule has 0 fully saturated rings. The molecule has 0 bridgehead atoms. The summed E-state index contributed by atoms with van der Waals surface area (Å²) >= 11 is 0. The van der Waals surface area contributed by atoms with Crippen LogP contribution in [0, 0.1) is 0 Å². The van der Waals surface area contributed by atoms with Gasteiger partial charge in [-0.15, -0.1) is 0 Å². The number of fused-ring (bicyclic) bond motifs is 2. The quantitative estimate of drug-likeness (QED) is 0.780. The lowest BCUT2D eigenvalue weighted by Gasteiger charge is -2.18. The zero-order chi connectivity index (χ0) is 16.5. The van der Waals surface area contributed by atoms with Crippen molar-refractivity contribution < 1.29 is 4.79 Å². The fraction of sp³-hybridized carbons (Fsp3) is 0.250. The van der Waals surface area contributed by atoms with E-state index in [1.54, 1.807) is 0 Å². The van der Waals surface area contributed by atoms with Crippen molar-refractivity contribution in [1.82, 2.24) is 15.2 Å². The Morgan fingerprint density at radius 3 is 2.92 bits per heavy atom. The van der Waals surface area contributed by atoms with E-state index in [4.69, 9.17) is 0 Å². The third-order valence-electron chi connectivity index (χ3n) is 4.79. The lowest BCUT2D eigenvalue weighted by Crippen LogP contribution is -2.26. The van der Waals surface area contributed by atoms with E-state index in [2.05, 4.69) is 28.8 Å². The smallest absolute Gasteiger partial charge is 0.268 e. The second kappa shape index (κ2) is 6.13. The normalized spacial score (nSPS) is 13.7. The molecular formula is C20H21N3O. The molecule has 1 aromatic heterocycles. The molecule has 24 heavy (non-hydrogen) atoms. The maximum Gasteiger partial charge on any atom is 0.268 e. The number of nitrogens with zero attached hydrogens (tertiary/aromatic N) is 1. The highest BCUT2D eigenvalue weighted by molar-refractivity contribution is 5.98. The number of benzene rings is 2. The third kappa shape index (κ3) is 2.69. The molecule has 0 saturated carbocycles. The summed E-state index contributed by atoms with van der Waals surface area (Å²) in [5.74, 6) is -0.0342. The van der Waals surface area contributed by atoms with Crippen LogP contribution < -0.4 is 10.6 Å². The average Bonchev–Trinajstić information content (AvgIpc) is 2.97. The summed E-state index contributed by atoms with van der Waals surface area (Å²) in [5, 5.41) is 7.52. The molecule has 0 saturated heterocycles. The number of amides is 1. The van der Waals surface area contributed by atoms with Crippen molar-refractivity contribution in [2.45, 2.75) is 19.5 Å². The van der Waals surface area contributed by atoms with Gasteiger partial charge in [-0.1, -0.05) is 36.4 Å². The van der Waals surface area contributed by atoms with Crippen molar-refractivity contribution in [3.63, 3.8) is 0 Å². The molecule has 3 aromatic rings. The number of hydrogen-bond donors (Lipinski definition) is 2. The number of carbonyl (C=O) groups is 1. The highest BCUT2D eigenvalue weighted by Crippen LogP contribution is 2.19. The number of aromatic nitrogens is 1. The lowest BCUT2D eigenvalue weighted by atomic mass is 9.98. The summed E-state index contributed by atoms with van der Waals surface area (Å²) in [6, 6.07) is 16.5. The van der Waals surface area contributed by atoms with Gasteiger partial charge in [0.15, 0.2) is 0 Å². The highest BCUT2D eigenvalue weighted by Gasteiger charge is 2.13. The molecule has 0 aliphatic carbocycles. The number of hydrogen-bond acceptors (Lipinski definition) is 2. The maximum atomic E-state index is 12.6. The SMILES string of the molecule is Cn1c(C(=O)NCc2ccc3c(c2)CCNC3)cc2ccccc21. The summed E-state index contributed by atoms with van der Waals surface area (Å²) in [5.41, 5.74) is 5.68. The first-order valence-corrected chi connectivity index (χ1v) is 8.36. The van der Waals surface area contributed by atoms with Crippen LogP contribution in [0.15, 0.2) is 48.5 Å². The first-order valence-electron chi connectivity index (χ1n) is 8.36. The molecule has 4 rings (SSSR count). The number of nitrogens with one attached hydrogen (secondary N) is 2. The van der Waals surface area contributed by atoms with E-state index < -0.39 is 0 Å². The number of para-hydroxylation sites is 1. The predicted molar refractivity (Wildman–Crippen MR) is 95.9 cm³/mol. The van der Waals surface area contributed by atoms with Crippen molar-refractivity contribution in [3.8, 4) is 0 Å². The molecule has 1 amide bonds. The van der Waals surface area contributed by atoms with Crippen molar-refractivity contribution in [3.05, 3.63) is 70.9 Å². The van der Waals surface area contributed by atoms with Gasteiger partial charge in [0, 0.05) is 31.0 Å². The van der Waals surface area contributed by atoms with E-state index >= 15 is 0 Å². The van der Waals surface area contributed by atoms with Gasteiger partial charge in [0.05, 0.1) is 0 Å². The van der Waals surface area contributed by atoms with Crippen LogP contribution >= 0.6 is 0 Å². The minimum atomic E-state index is -0.0342. The van der Waals surface area contributed by atoms with Gasteiger partial charge in [-0.05, 0) is 41.8 Å². The molecule has 0 unspecified atom stereocenters. The van der Waals surface area contributed by atoms with Gasteiger partial charge in [-0.25, -0.2) is 0 Å². The van der Waals surface area contributed by atoms with Crippen molar-refractivity contribution >= 4 is 16.8 Å². The monoisotopic (exact) mass is 319 g/mol. The van der Waals surface area contributed by atoms with Crippen LogP contribution in [0.5, 0.6) is 0 Å². The van der Waals surface area contributed by atoms with Gasteiger partial charge in [-0.2, -0.15) is 0 Å². The highest BCUT2D eigenvalue weighted by atomic mass is 16.1. The van der Waals surface area contributed by atoms with Gasteiger partial charge in [0.1, 0.15) is 5.69 Å². The Morgan fingerprint density at radius 1 is 1.17 bits per heavy atom. The number of carbonyl (C=O) groups excluding carboxylic acids is 1. The molecule has 0 spiro atoms.